The molecule has 84 valence electrons. The number of thiophene rings is 1. The topological polar surface area (TPSA) is 49.3 Å². The van der Waals surface area contributed by atoms with E-state index in [0.29, 0.717) is 18.1 Å². The molecule has 0 fully saturated rings. The number of rotatable bonds is 7. The maximum absolute atomic E-state index is 11.2. The fourth-order valence-electron chi connectivity index (χ4n) is 1.06. The molecule has 1 aromatic rings. The normalized spacial score (nSPS) is 10.2. The van der Waals surface area contributed by atoms with E-state index in [9.17, 15) is 4.79 Å². The quantitative estimate of drug-likeness (QED) is 0.708. The Bertz CT molecular complexity index is 275. The summed E-state index contributed by atoms with van der Waals surface area (Å²) in [7, 11) is 0. The predicted octanol–water partition coefficient (Wildman–Crippen LogP) is 1.13. The molecule has 0 aliphatic heterocycles. The summed E-state index contributed by atoms with van der Waals surface area (Å²) in [6.07, 6.45) is 0.897. The van der Waals surface area contributed by atoms with E-state index >= 15 is 0 Å². The van der Waals surface area contributed by atoms with E-state index in [0.717, 1.165) is 6.42 Å². The lowest BCUT2D eigenvalue weighted by Crippen LogP contribution is -2.27. The van der Waals surface area contributed by atoms with Gasteiger partial charge in [-0.3, -0.25) is 4.79 Å². The van der Waals surface area contributed by atoms with Gasteiger partial charge in [0.15, 0.2) is 0 Å². The average molecular weight is 245 g/mol. The van der Waals surface area contributed by atoms with Crippen LogP contribution in [0, 0.1) is 0 Å². The van der Waals surface area contributed by atoms with Crippen molar-refractivity contribution in [3.8, 4) is 0 Å². The third-order valence-corrected chi connectivity index (χ3v) is 3.62. The van der Waals surface area contributed by atoms with Gasteiger partial charge in [0.1, 0.15) is 0 Å². The molecule has 0 aliphatic rings. The van der Waals surface area contributed by atoms with Crippen molar-refractivity contribution >= 4 is 29.0 Å². The zero-order valence-electron chi connectivity index (χ0n) is 8.44. The van der Waals surface area contributed by atoms with E-state index in [2.05, 4.69) is 11.4 Å². The van der Waals surface area contributed by atoms with Gasteiger partial charge in [-0.15, -0.1) is 23.1 Å². The van der Waals surface area contributed by atoms with E-state index in [4.69, 9.17) is 5.11 Å². The standard InChI is InChI=1S/C10H15NO2S2/c12-5-7-14-8-10(13)11-4-3-9-2-1-6-15-9/h1-2,6,12H,3-5,7-8H2,(H,11,13). The summed E-state index contributed by atoms with van der Waals surface area (Å²) in [6.45, 7) is 0.826. The van der Waals surface area contributed by atoms with Gasteiger partial charge in [-0.05, 0) is 17.9 Å². The van der Waals surface area contributed by atoms with Crippen LogP contribution in [0.3, 0.4) is 0 Å². The molecule has 1 rings (SSSR count). The molecule has 1 amide bonds. The predicted molar refractivity (Wildman–Crippen MR) is 65.4 cm³/mol. The lowest BCUT2D eigenvalue weighted by Gasteiger charge is -2.03. The third kappa shape index (κ3) is 5.81. The van der Waals surface area contributed by atoms with Crippen LogP contribution in [0.2, 0.25) is 0 Å². The molecule has 3 nitrogen and oxygen atoms in total. The van der Waals surface area contributed by atoms with Crippen LogP contribution in [-0.2, 0) is 11.2 Å². The first-order valence-corrected chi connectivity index (χ1v) is 6.84. The number of thioether (sulfide) groups is 1. The summed E-state index contributed by atoms with van der Waals surface area (Å²) in [6, 6.07) is 4.08. The number of aliphatic hydroxyl groups is 1. The molecule has 5 heteroatoms. The summed E-state index contributed by atoms with van der Waals surface area (Å²) in [5.74, 6) is 1.11. The molecule has 1 aromatic heterocycles. The highest BCUT2D eigenvalue weighted by Crippen LogP contribution is 2.08. The average Bonchev–Trinajstić information content (AvgIpc) is 2.71. The Morgan fingerprint density at radius 2 is 2.47 bits per heavy atom. The molecule has 0 aromatic carbocycles. The summed E-state index contributed by atoms with van der Waals surface area (Å²) in [5, 5.41) is 13.4. The van der Waals surface area contributed by atoms with Crippen LogP contribution < -0.4 is 5.32 Å². The second-order valence-corrected chi connectivity index (χ2v) is 5.09. The molecule has 0 spiro atoms. The molecule has 0 bridgehead atoms. The molecular formula is C10H15NO2S2. The van der Waals surface area contributed by atoms with E-state index in [-0.39, 0.29) is 12.5 Å². The van der Waals surface area contributed by atoms with E-state index < -0.39 is 0 Å². The van der Waals surface area contributed by atoms with Crippen LogP contribution in [0.5, 0.6) is 0 Å². The second-order valence-electron chi connectivity index (χ2n) is 2.96. The van der Waals surface area contributed by atoms with Gasteiger partial charge >= 0.3 is 0 Å². The molecule has 15 heavy (non-hydrogen) atoms. The second kappa shape index (κ2) is 7.73. The third-order valence-electron chi connectivity index (χ3n) is 1.74. The lowest BCUT2D eigenvalue weighted by atomic mass is 10.3. The molecule has 2 N–H and O–H groups in total. The highest BCUT2D eigenvalue weighted by atomic mass is 32.2. The lowest BCUT2D eigenvalue weighted by molar-refractivity contribution is -0.118. The minimum atomic E-state index is 0.0463. The molecule has 0 unspecified atom stereocenters. The molecule has 0 aliphatic carbocycles. The fourth-order valence-corrected chi connectivity index (χ4v) is 2.33. The smallest absolute Gasteiger partial charge is 0.230 e. The van der Waals surface area contributed by atoms with Gasteiger partial charge in [0.2, 0.25) is 5.91 Å². The number of amides is 1. The zero-order chi connectivity index (χ0) is 10.9. The van der Waals surface area contributed by atoms with Crippen molar-refractivity contribution in [1.82, 2.24) is 5.32 Å². The van der Waals surface area contributed by atoms with Crippen molar-refractivity contribution in [2.45, 2.75) is 6.42 Å². The van der Waals surface area contributed by atoms with Crippen molar-refractivity contribution in [2.75, 3.05) is 24.7 Å². The maximum Gasteiger partial charge on any atom is 0.230 e. The molecule has 0 saturated heterocycles. The van der Waals surface area contributed by atoms with Crippen LogP contribution in [0.25, 0.3) is 0 Å². The Labute approximate surface area is 97.9 Å². The van der Waals surface area contributed by atoms with Crippen LogP contribution >= 0.6 is 23.1 Å². The maximum atomic E-state index is 11.2. The highest BCUT2D eigenvalue weighted by Gasteiger charge is 2.00. The molecule has 0 atom stereocenters. The van der Waals surface area contributed by atoms with Crippen molar-refractivity contribution in [1.29, 1.82) is 0 Å². The molecular weight excluding hydrogens is 230 g/mol. The SMILES string of the molecule is O=C(CSCCO)NCCc1cccs1. The van der Waals surface area contributed by atoms with Gasteiger partial charge in [-0.1, -0.05) is 6.07 Å². The van der Waals surface area contributed by atoms with Crippen LogP contribution in [-0.4, -0.2) is 35.7 Å². The minimum Gasteiger partial charge on any atom is -0.396 e. The molecule has 1 heterocycles. The number of carbonyl (C=O) groups excluding carboxylic acids is 1. The van der Waals surface area contributed by atoms with Gasteiger partial charge < -0.3 is 10.4 Å². The zero-order valence-corrected chi connectivity index (χ0v) is 10.1. The number of carbonyl (C=O) groups is 1. The minimum absolute atomic E-state index is 0.0463. The van der Waals surface area contributed by atoms with Crippen LogP contribution in [0.1, 0.15) is 4.88 Å². The highest BCUT2D eigenvalue weighted by molar-refractivity contribution is 7.99. The Morgan fingerprint density at radius 3 is 3.13 bits per heavy atom. The van der Waals surface area contributed by atoms with Gasteiger partial charge in [-0.25, -0.2) is 0 Å². The first-order valence-electron chi connectivity index (χ1n) is 4.80. The Morgan fingerprint density at radius 1 is 1.60 bits per heavy atom. The van der Waals surface area contributed by atoms with E-state index in [1.54, 1.807) is 11.3 Å². The van der Waals surface area contributed by atoms with Crippen molar-refractivity contribution in [3.05, 3.63) is 22.4 Å². The number of nitrogens with one attached hydrogen (secondary N) is 1. The van der Waals surface area contributed by atoms with E-state index in [1.807, 2.05) is 11.4 Å². The van der Waals surface area contributed by atoms with Gasteiger partial charge in [0.25, 0.3) is 0 Å². The number of hydrogen-bond donors (Lipinski definition) is 2. The Kier molecular flexibility index (Phi) is 6.47. The Hall–Kier alpha value is -0.520. The monoisotopic (exact) mass is 245 g/mol. The number of aliphatic hydroxyl groups excluding tert-OH is 1. The Balaban J connectivity index is 2.02. The summed E-state index contributed by atoms with van der Waals surface area (Å²) >= 11 is 3.16. The van der Waals surface area contributed by atoms with Crippen LogP contribution in [0.15, 0.2) is 17.5 Å². The van der Waals surface area contributed by atoms with E-state index in [1.165, 1.54) is 16.6 Å². The summed E-state index contributed by atoms with van der Waals surface area (Å²) < 4.78 is 0. The number of hydrogen-bond acceptors (Lipinski definition) is 4. The summed E-state index contributed by atoms with van der Waals surface area (Å²) in [5.41, 5.74) is 0. The van der Waals surface area contributed by atoms with Crippen molar-refractivity contribution < 1.29 is 9.90 Å². The summed E-state index contributed by atoms with van der Waals surface area (Å²) in [4.78, 5) is 12.5. The first-order chi connectivity index (χ1) is 7.33. The molecule has 0 radical (unpaired) electrons. The molecule has 0 saturated carbocycles. The van der Waals surface area contributed by atoms with Gasteiger partial charge in [0, 0.05) is 17.2 Å². The van der Waals surface area contributed by atoms with Crippen molar-refractivity contribution in [2.24, 2.45) is 0 Å². The van der Waals surface area contributed by atoms with Gasteiger partial charge in [0.05, 0.1) is 12.4 Å². The first kappa shape index (κ1) is 12.5. The fraction of sp³-hybridized carbons (Fsp3) is 0.500. The van der Waals surface area contributed by atoms with Crippen molar-refractivity contribution in [3.63, 3.8) is 0 Å². The van der Waals surface area contributed by atoms with Crippen LogP contribution in [0.4, 0.5) is 0 Å². The van der Waals surface area contributed by atoms with Gasteiger partial charge in [-0.2, -0.15) is 0 Å². The largest absolute Gasteiger partial charge is 0.396 e.